The maximum absolute atomic E-state index is 13.7. The molecule has 4 heterocycles. The summed E-state index contributed by atoms with van der Waals surface area (Å²) in [7, 11) is -3.76. The summed E-state index contributed by atoms with van der Waals surface area (Å²) in [6.07, 6.45) is 6.15. The number of carbonyl (C=O) groups excluding carboxylic acids is 1. The monoisotopic (exact) mass is 524 g/mol. The fourth-order valence-electron chi connectivity index (χ4n) is 5.87. The number of hydrogen-bond donors (Lipinski definition) is 1. The van der Waals surface area contributed by atoms with E-state index in [-0.39, 0.29) is 17.3 Å². The molecule has 196 valence electrons. The van der Waals surface area contributed by atoms with Crippen molar-refractivity contribution in [3.8, 4) is 0 Å². The molecule has 1 amide bonds. The minimum Gasteiger partial charge on any atom is -0.483 e. The molecule has 2 saturated heterocycles. The molecule has 0 bridgehead atoms. The van der Waals surface area contributed by atoms with Gasteiger partial charge in [-0.25, -0.2) is 12.4 Å². The third-order valence-corrected chi connectivity index (χ3v) is 9.41. The van der Waals surface area contributed by atoms with Crippen molar-refractivity contribution in [3.05, 3.63) is 54.2 Å². The van der Waals surface area contributed by atoms with Gasteiger partial charge in [0, 0.05) is 62.1 Å². The van der Waals surface area contributed by atoms with Crippen molar-refractivity contribution in [2.75, 3.05) is 42.5 Å². The number of carbonyl (C=O) groups is 2. The Morgan fingerprint density at radius 2 is 1.84 bits per heavy atom. The molecule has 9 nitrogen and oxygen atoms in total. The van der Waals surface area contributed by atoms with E-state index in [4.69, 9.17) is 9.90 Å². The van der Waals surface area contributed by atoms with E-state index in [0.717, 1.165) is 42.0 Å². The van der Waals surface area contributed by atoms with Crippen LogP contribution < -0.4 is 9.80 Å². The molecule has 6 rings (SSSR count). The van der Waals surface area contributed by atoms with Crippen molar-refractivity contribution < 1.29 is 23.1 Å². The summed E-state index contributed by atoms with van der Waals surface area (Å²) in [4.78, 5) is 27.2. The van der Waals surface area contributed by atoms with Gasteiger partial charge >= 0.3 is 0 Å². The van der Waals surface area contributed by atoms with Gasteiger partial charge < -0.3 is 14.9 Å². The normalized spacial score (nSPS) is 19.6. The lowest BCUT2D eigenvalue weighted by Crippen LogP contribution is -2.54. The Bertz CT molecular complexity index is 1430. The maximum atomic E-state index is 13.7. The van der Waals surface area contributed by atoms with Gasteiger partial charge in [0.15, 0.2) is 0 Å². The molecule has 3 aliphatic rings. The molecule has 0 saturated carbocycles. The van der Waals surface area contributed by atoms with Gasteiger partial charge in [0.1, 0.15) is 0 Å². The first kappa shape index (κ1) is 25.3. The molecule has 0 radical (unpaired) electrons. The summed E-state index contributed by atoms with van der Waals surface area (Å²) < 4.78 is 28.7. The Kier molecular flexibility index (Phi) is 6.96. The highest BCUT2D eigenvalue weighted by Crippen LogP contribution is 2.33. The average Bonchev–Trinajstić information content (AvgIpc) is 3.53. The van der Waals surface area contributed by atoms with E-state index in [1.165, 1.54) is 36.7 Å². The third kappa shape index (κ3) is 4.71. The van der Waals surface area contributed by atoms with Crippen molar-refractivity contribution in [1.29, 1.82) is 0 Å². The van der Waals surface area contributed by atoms with E-state index in [9.17, 15) is 13.2 Å². The maximum Gasteiger partial charge on any atom is 0.290 e. The van der Waals surface area contributed by atoms with Gasteiger partial charge in [-0.2, -0.15) is 0 Å². The van der Waals surface area contributed by atoms with E-state index >= 15 is 0 Å². The lowest BCUT2D eigenvalue weighted by Gasteiger charge is -2.45. The number of rotatable bonds is 3. The fourth-order valence-corrected chi connectivity index (χ4v) is 7.26. The van der Waals surface area contributed by atoms with Crippen LogP contribution in [0.15, 0.2) is 53.6 Å². The highest BCUT2D eigenvalue weighted by Gasteiger charge is 2.30. The van der Waals surface area contributed by atoms with Crippen LogP contribution in [0, 0.1) is 0 Å². The first-order valence-electron chi connectivity index (χ1n) is 12.7. The lowest BCUT2D eigenvalue weighted by atomic mass is 9.99. The Labute approximate surface area is 216 Å². The quantitative estimate of drug-likeness (QED) is 0.525. The summed E-state index contributed by atoms with van der Waals surface area (Å²) in [5.41, 5.74) is 3.50. The lowest BCUT2D eigenvalue weighted by molar-refractivity contribution is -0.123. The summed E-state index contributed by atoms with van der Waals surface area (Å²) in [6, 6.07) is 13.7. The number of piperazine rings is 1. The topological polar surface area (TPSA) is 103 Å². The Morgan fingerprint density at radius 3 is 2.62 bits per heavy atom. The first-order chi connectivity index (χ1) is 17.8. The first-order valence-corrected chi connectivity index (χ1v) is 14.1. The SMILES string of the molecule is CC(=O)N1CCc2cc(S(=O)(=O)n3ccc4ccc(N5CCN6CCCCC6C5)cc43)ccc21.O=CO. The molecule has 2 aromatic carbocycles. The molecule has 37 heavy (non-hydrogen) atoms. The number of anilines is 2. The van der Waals surface area contributed by atoms with Crippen LogP contribution in [0.4, 0.5) is 11.4 Å². The summed E-state index contributed by atoms with van der Waals surface area (Å²) >= 11 is 0. The van der Waals surface area contributed by atoms with Crippen LogP contribution in [0.2, 0.25) is 0 Å². The van der Waals surface area contributed by atoms with Crippen LogP contribution in [0.3, 0.4) is 0 Å². The van der Waals surface area contributed by atoms with Gasteiger partial charge in [0.25, 0.3) is 16.5 Å². The zero-order valence-electron chi connectivity index (χ0n) is 20.9. The molecule has 1 atom stereocenters. The molecular weight excluding hydrogens is 492 g/mol. The Balaban J connectivity index is 0.000000892. The predicted molar refractivity (Wildman–Crippen MR) is 143 cm³/mol. The summed E-state index contributed by atoms with van der Waals surface area (Å²) in [6.45, 7) is 6.11. The smallest absolute Gasteiger partial charge is 0.290 e. The highest BCUT2D eigenvalue weighted by molar-refractivity contribution is 7.90. The molecule has 2 fully saturated rings. The van der Waals surface area contributed by atoms with Crippen molar-refractivity contribution in [3.63, 3.8) is 0 Å². The number of hydrogen-bond acceptors (Lipinski definition) is 6. The molecule has 0 spiro atoms. The van der Waals surface area contributed by atoms with Crippen LogP contribution in [-0.4, -0.2) is 73.5 Å². The van der Waals surface area contributed by atoms with Gasteiger partial charge in [-0.1, -0.05) is 12.5 Å². The molecule has 1 unspecified atom stereocenters. The number of benzene rings is 2. The number of carboxylic acid groups (broad SMARTS) is 1. The zero-order chi connectivity index (χ0) is 26.2. The van der Waals surface area contributed by atoms with Crippen LogP contribution in [0.5, 0.6) is 0 Å². The minimum absolute atomic E-state index is 0.0210. The zero-order valence-corrected chi connectivity index (χ0v) is 21.7. The molecule has 3 aliphatic heterocycles. The van der Waals surface area contributed by atoms with Gasteiger partial charge in [-0.05, 0) is 67.8 Å². The van der Waals surface area contributed by atoms with E-state index < -0.39 is 10.0 Å². The average molecular weight is 525 g/mol. The predicted octanol–water partition coefficient (Wildman–Crippen LogP) is 3.16. The Hall–Kier alpha value is -3.37. The number of piperidine rings is 1. The number of nitrogens with zero attached hydrogens (tertiary/aromatic N) is 4. The number of fused-ring (bicyclic) bond motifs is 3. The van der Waals surface area contributed by atoms with Crippen LogP contribution in [0.25, 0.3) is 10.9 Å². The highest BCUT2D eigenvalue weighted by atomic mass is 32.2. The molecule has 1 aromatic heterocycles. The third-order valence-electron chi connectivity index (χ3n) is 7.73. The second kappa shape index (κ2) is 10.2. The van der Waals surface area contributed by atoms with Gasteiger partial charge in [0.2, 0.25) is 5.91 Å². The second-order valence-corrected chi connectivity index (χ2v) is 11.6. The minimum atomic E-state index is -3.76. The fraction of sp³-hybridized carbons (Fsp3) is 0.407. The number of amides is 1. The van der Waals surface area contributed by atoms with Crippen molar-refractivity contribution in [2.24, 2.45) is 0 Å². The van der Waals surface area contributed by atoms with E-state index in [2.05, 4.69) is 15.9 Å². The van der Waals surface area contributed by atoms with Gasteiger partial charge in [-0.3, -0.25) is 14.5 Å². The molecule has 1 N–H and O–H groups in total. The Morgan fingerprint density at radius 1 is 1.03 bits per heavy atom. The molecular formula is C27H32N4O5S. The van der Waals surface area contributed by atoms with Crippen LogP contribution >= 0.6 is 0 Å². The van der Waals surface area contributed by atoms with Crippen LogP contribution in [0.1, 0.15) is 31.7 Å². The van der Waals surface area contributed by atoms with Crippen molar-refractivity contribution >= 4 is 44.7 Å². The standard InChI is InChI=1S/C26H30N4O3S.CH2O2/c1-19(31)29-12-9-21-16-24(7-8-25(21)29)34(32,33)30-13-10-20-5-6-22(17-26(20)30)28-15-14-27-11-3-2-4-23(27)18-28;2-1-3/h5-8,10,13,16-17,23H,2-4,9,11-12,14-15,18H2,1H3;1H,(H,2,3). The molecule has 3 aromatic rings. The molecule has 0 aliphatic carbocycles. The summed E-state index contributed by atoms with van der Waals surface area (Å²) in [5, 5.41) is 7.80. The van der Waals surface area contributed by atoms with Gasteiger partial charge in [-0.15, -0.1) is 0 Å². The van der Waals surface area contributed by atoms with E-state index in [0.29, 0.717) is 24.5 Å². The van der Waals surface area contributed by atoms with Gasteiger partial charge in [0.05, 0.1) is 10.4 Å². The van der Waals surface area contributed by atoms with Crippen molar-refractivity contribution in [2.45, 2.75) is 43.5 Å². The van der Waals surface area contributed by atoms with E-state index in [1.54, 1.807) is 29.3 Å². The van der Waals surface area contributed by atoms with Crippen LogP contribution in [-0.2, 0) is 26.0 Å². The summed E-state index contributed by atoms with van der Waals surface area (Å²) in [5.74, 6) is -0.0210. The van der Waals surface area contributed by atoms with E-state index in [1.807, 2.05) is 18.2 Å². The van der Waals surface area contributed by atoms with Crippen molar-refractivity contribution in [1.82, 2.24) is 8.87 Å². The molecule has 10 heteroatoms. The second-order valence-electron chi connectivity index (χ2n) is 9.81. The number of aromatic nitrogens is 1. The largest absolute Gasteiger partial charge is 0.483 e.